The smallest absolute Gasteiger partial charge is 0.241 e. The molecule has 0 fully saturated rings. The molecule has 2 aromatic heterocycles. The van der Waals surface area contributed by atoms with Gasteiger partial charge in [0.05, 0.1) is 6.61 Å². The molecule has 0 aromatic carbocycles. The van der Waals surface area contributed by atoms with Crippen molar-refractivity contribution in [1.29, 1.82) is 0 Å². The molecule has 0 unspecified atom stereocenters. The van der Waals surface area contributed by atoms with E-state index in [1.807, 2.05) is 6.92 Å². The van der Waals surface area contributed by atoms with Gasteiger partial charge in [-0.15, -0.1) is 0 Å². The van der Waals surface area contributed by atoms with Gasteiger partial charge in [0.25, 0.3) is 0 Å². The van der Waals surface area contributed by atoms with Crippen molar-refractivity contribution in [2.24, 2.45) is 0 Å². The Morgan fingerprint density at radius 1 is 1.38 bits per heavy atom. The lowest BCUT2D eigenvalue weighted by Gasteiger charge is -2.07. The van der Waals surface area contributed by atoms with Crippen LogP contribution in [-0.4, -0.2) is 31.8 Å². The molecule has 0 amide bonds. The van der Waals surface area contributed by atoms with E-state index < -0.39 is 0 Å². The molecule has 0 aliphatic heterocycles. The Morgan fingerprint density at radius 2 is 2.25 bits per heavy atom. The zero-order valence-electron chi connectivity index (χ0n) is 8.54. The van der Waals surface area contributed by atoms with Crippen LogP contribution in [0, 0.1) is 0 Å². The highest BCUT2D eigenvalue weighted by atomic mass is 32.2. The Morgan fingerprint density at radius 3 is 2.94 bits per heavy atom. The number of nitrogens with one attached hydrogen (secondary N) is 1. The van der Waals surface area contributed by atoms with Gasteiger partial charge in [0.15, 0.2) is 5.16 Å². The molecule has 84 valence electrons. The second-order valence-electron chi connectivity index (χ2n) is 2.72. The van der Waals surface area contributed by atoms with Crippen LogP contribution in [0.4, 0.5) is 5.69 Å². The fraction of sp³-hybridized carbons (Fsp3) is 0.250. The van der Waals surface area contributed by atoms with Gasteiger partial charge in [-0.1, -0.05) is 0 Å². The molecule has 2 rings (SSSR count). The molecule has 8 heteroatoms. The van der Waals surface area contributed by atoms with Crippen molar-refractivity contribution in [3.63, 3.8) is 0 Å². The number of nitrogen functional groups attached to an aromatic ring is 1. The monoisotopic (exact) mass is 238 g/mol. The van der Waals surface area contributed by atoms with Crippen molar-refractivity contribution in [3.8, 4) is 5.88 Å². The van der Waals surface area contributed by atoms with E-state index in [0.717, 1.165) is 0 Å². The van der Waals surface area contributed by atoms with Crippen LogP contribution < -0.4 is 10.5 Å². The Hall–Kier alpha value is -1.83. The summed E-state index contributed by atoms with van der Waals surface area (Å²) in [4.78, 5) is 12.0. The predicted molar refractivity (Wildman–Crippen MR) is 58.1 cm³/mol. The lowest BCUT2D eigenvalue weighted by molar-refractivity contribution is 0.327. The topological polar surface area (TPSA) is 103 Å². The van der Waals surface area contributed by atoms with E-state index in [2.05, 4.69) is 25.1 Å². The number of rotatable bonds is 4. The van der Waals surface area contributed by atoms with Gasteiger partial charge < -0.3 is 10.5 Å². The molecular weight excluding hydrogens is 228 g/mol. The Balaban J connectivity index is 2.24. The third kappa shape index (κ3) is 2.22. The van der Waals surface area contributed by atoms with Gasteiger partial charge in [0.1, 0.15) is 23.4 Å². The number of ether oxygens (including phenoxy) is 1. The van der Waals surface area contributed by atoms with Crippen LogP contribution in [-0.2, 0) is 0 Å². The molecule has 2 aromatic rings. The first-order chi connectivity index (χ1) is 7.81. The van der Waals surface area contributed by atoms with E-state index in [9.17, 15) is 0 Å². The fourth-order valence-electron chi connectivity index (χ4n) is 1.03. The maximum atomic E-state index is 5.85. The summed E-state index contributed by atoms with van der Waals surface area (Å²) in [5.41, 5.74) is 6.26. The maximum Gasteiger partial charge on any atom is 0.241 e. The first kappa shape index (κ1) is 10.7. The SMILES string of the molecule is CCOc1ncnc(Sc2ncn[nH]2)c1N. The number of aromatic amines is 1. The minimum absolute atomic E-state index is 0.388. The van der Waals surface area contributed by atoms with Gasteiger partial charge in [-0.25, -0.2) is 9.97 Å². The average Bonchev–Trinajstić information content (AvgIpc) is 2.77. The molecule has 2 heterocycles. The minimum Gasteiger partial charge on any atom is -0.476 e. The van der Waals surface area contributed by atoms with Gasteiger partial charge in [-0.3, -0.25) is 5.10 Å². The zero-order chi connectivity index (χ0) is 11.4. The summed E-state index contributed by atoms with van der Waals surface area (Å²) < 4.78 is 5.26. The largest absolute Gasteiger partial charge is 0.476 e. The van der Waals surface area contributed by atoms with Crippen molar-refractivity contribution < 1.29 is 4.74 Å². The number of aromatic nitrogens is 5. The summed E-state index contributed by atoms with van der Waals surface area (Å²) in [6.07, 6.45) is 2.82. The predicted octanol–water partition coefficient (Wildman–Crippen LogP) is 0.727. The Labute approximate surface area is 95.9 Å². The van der Waals surface area contributed by atoms with E-state index in [1.54, 1.807) is 0 Å². The zero-order valence-corrected chi connectivity index (χ0v) is 9.36. The molecule has 3 N–H and O–H groups in total. The molecule has 0 spiro atoms. The standard InChI is InChI=1S/C8H10N6OS/c1-2-15-6-5(9)7(11-3-10-6)16-8-12-4-13-14-8/h3-4H,2,9H2,1H3,(H,12,13,14). The molecular formula is C8H10N6OS. The normalized spacial score (nSPS) is 10.3. The molecule has 0 saturated carbocycles. The third-order valence-electron chi connectivity index (χ3n) is 1.68. The van der Waals surface area contributed by atoms with Crippen molar-refractivity contribution >= 4 is 17.4 Å². The Bertz CT molecular complexity index is 460. The summed E-state index contributed by atoms with van der Waals surface area (Å²) in [6.45, 7) is 2.37. The van der Waals surface area contributed by atoms with E-state index in [1.165, 1.54) is 24.4 Å². The van der Waals surface area contributed by atoms with E-state index >= 15 is 0 Å². The molecule has 16 heavy (non-hydrogen) atoms. The third-order valence-corrected chi connectivity index (χ3v) is 2.59. The molecule has 0 aliphatic carbocycles. The summed E-state index contributed by atoms with van der Waals surface area (Å²) in [7, 11) is 0. The highest BCUT2D eigenvalue weighted by Crippen LogP contribution is 2.31. The fourth-order valence-corrected chi connectivity index (χ4v) is 1.71. The van der Waals surface area contributed by atoms with E-state index in [0.29, 0.717) is 28.4 Å². The number of anilines is 1. The van der Waals surface area contributed by atoms with Gasteiger partial charge >= 0.3 is 0 Å². The van der Waals surface area contributed by atoms with Crippen LogP contribution in [0.3, 0.4) is 0 Å². The van der Waals surface area contributed by atoms with Crippen molar-refractivity contribution in [2.45, 2.75) is 17.1 Å². The summed E-state index contributed by atoms with van der Waals surface area (Å²) >= 11 is 1.28. The van der Waals surface area contributed by atoms with E-state index in [4.69, 9.17) is 10.5 Å². The highest BCUT2D eigenvalue weighted by Gasteiger charge is 2.11. The van der Waals surface area contributed by atoms with Crippen LogP contribution in [0.1, 0.15) is 6.92 Å². The number of hydrogen-bond acceptors (Lipinski definition) is 7. The highest BCUT2D eigenvalue weighted by molar-refractivity contribution is 7.99. The molecule has 0 radical (unpaired) electrons. The molecule has 0 aliphatic rings. The minimum atomic E-state index is 0.388. The van der Waals surface area contributed by atoms with E-state index in [-0.39, 0.29) is 0 Å². The molecule has 0 bridgehead atoms. The van der Waals surface area contributed by atoms with Crippen LogP contribution >= 0.6 is 11.8 Å². The summed E-state index contributed by atoms with van der Waals surface area (Å²) in [5, 5.41) is 7.65. The number of H-pyrrole nitrogens is 1. The number of hydrogen-bond donors (Lipinski definition) is 2. The summed E-state index contributed by atoms with van der Waals surface area (Å²) in [5.74, 6) is 0.388. The van der Waals surface area contributed by atoms with Gasteiger partial charge in [0.2, 0.25) is 5.88 Å². The number of nitrogens with zero attached hydrogens (tertiary/aromatic N) is 4. The van der Waals surface area contributed by atoms with Crippen LogP contribution in [0.5, 0.6) is 5.88 Å². The average molecular weight is 238 g/mol. The van der Waals surface area contributed by atoms with Gasteiger partial charge in [-0.2, -0.15) is 10.1 Å². The van der Waals surface area contributed by atoms with Crippen LogP contribution in [0.25, 0.3) is 0 Å². The second kappa shape index (κ2) is 4.79. The second-order valence-corrected chi connectivity index (χ2v) is 3.70. The van der Waals surface area contributed by atoms with Crippen molar-refractivity contribution in [3.05, 3.63) is 12.7 Å². The van der Waals surface area contributed by atoms with Crippen LogP contribution in [0.2, 0.25) is 0 Å². The van der Waals surface area contributed by atoms with Crippen molar-refractivity contribution in [1.82, 2.24) is 25.1 Å². The molecule has 0 saturated heterocycles. The lowest BCUT2D eigenvalue weighted by atomic mass is 10.5. The van der Waals surface area contributed by atoms with Gasteiger partial charge in [0, 0.05) is 0 Å². The van der Waals surface area contributed by atoms with Gasteiger partial charge in [-0.05, 0) is 18.7 Å². The molecule has 0 atom stereocenters. The first-order valence-corrected chi connectivity index (χ1v) is 5.39. The van der Waals surface area contributed by atoms with Crippen molar-refractivity contribution in [2.75, 3.05) is 12.3 Å². The first-order valence-electron chi connectivity index (χ1n) is 4.57. The lowest BCUT2D eigenvalue weighted by Crippen LogP contribution is -2.02. The number of nitrogens with two attached hydrogens (primary N) is 1. The molecule has 7 nitrogen and oxygen atoms in total. The summed E-state index contributed by atoms with van der Waals surface area (Å²) in [6, 6.07) is 0. The quantitative estimate of drug-likeness (QED) is 0.757. The Kier molecular flexibility index (Phi) is 3.20. The van der Waals surface area contributed by atoms with Crippen LogP contribution in [0.15, 0.2) is 22.8 Å². The maximum absolute atomic E-state index is 5.85.